The summed E-state index contributed by atoms with van der Waals surface area (Å²) in [5, 5.41) is 3.21. The molecule has 0 aliphatic rings. The van der Waals surface area contributed by atoms with Crippen molar-refractivity contribution < 1.29 is 4.79 Å². The maximum absolute atomic E-state index is 12.2. The Morgan fingerprint density at radius 3 is 2.45 bits per heavy atom. The Hall–Kier alpha value is -1.36. The van der Waals surface area contributed by atoms with Gasteiger partial charge in [0.05, 0.1) is 15.6 Å². The van der Waals surface area contributed by atoms with E-state index in [1.807, 2.05) is 30.5 Å². The van der Waals surface area contributed by atoms with E-state index in [9.17, 15) is 4.79 Å². The van der Waals surface area contributed by atoms with Crippen LogP contribution in [0.1, 0.15) is 10.4 Å². The Morgan fingerprint density at radius 1 is 1.20 bits per heavy atom. The molecule has 0 aliphatic heterocycles. The second-order valence-corrected chi connectivity index (χ2v) is 5.71. The van der Waals surface area contributed by atoms with Crippen molar-refractivity contribution in [3.63, 3.8) is 0 Å². The average molecular weight is 327 g/mol. The third-order valence-electron chi connectivity index (χ3n) is 2.64. The molecule has 0 bridgehead atoms. The van der Waals surface area contributed by atoms with Crippen LogP contribution in [-0.2, 0) is 0 Å². The van der Waals surface area contributed by atoms with E-state index < -0.39 is 0 Å². The zero-order valence-electron chi connectivity index (χ0n) is 10.6. The highest BCUT2D eigenvalue weighted by Crippen LogP contribution is 2.29. The molecule has 2 rings (SSSR count). The molecule has 2 aromatic rings. The topological polar surface area (TPSA) is 55.1 Å². The van der Waals surface area contributed by atoms with E-state index in [-0.39, 0.29) is 21.5 Å². The number of benzene rings is 2. The van der Waals surface area contributed by atoms with Gasteiger partial charge in [0, 0.05) is 16.3 Å². The lowest BCUT2D eigenvalue weighted by atomic mass is 10.2. The Kier molecular flexibility index (Phi) is 4.81. The van der Waals surface area contributed by atoms with Crippen LogP contribution in [0.5, 0.6) is 0 Å². The minimum Gasteiger partial charge on any atom is -0.399 e. The van der Waals surface area contributed by atoms with Crippen molar-refractivity contribution in [2.45, 2.75) is 4.90 Å². The highest BCUT2D eigenvalue weighted by atomic mass is 35.5. The molecule has 2 aromatic carbocycles. The van der Waals surface area contributed by atoms with Gasteiger partial charge in [-0.15, -0.1) is 11.8 Å². The fraction of sp³-hybridized carbons (Fsp3) is 0.0714. The number of nitrogens with two attached hydrogens (primary N) is 1. The van der Waals surface area contributed by atoms with Crippen LogP contribution in [0.2, 0.25) is 10.0 Å². The summed E-state index contributed by atoms with van der Waals surface area (Å²) in [6, 6.07) is 10.5. The summed E-state index contributed by atoms with van der Waals surface area (Å²) in [5.41, 5.74) is 7.00. The standard InChI is InChI=1S/C14H12Cl2N2OS/c1-20-10-4-2-9(3-5-10)18-14(19)11-6-8(17)7-12(15)13(11)16/h2-7H,17H2,1H3,(H,18,19). The van der Waals surface area contributed by atoms with Crippen molar-refractivity contribution in [2.24, 2.45) is 0 Å². The molecule has 0 unspecified atom stereocenters. The molecule has 6 heteroatoms. The van der Waals surface area contributed by atoms with Gasteiger partial charge < -0.3 is 11.1 Å². The van der Waals surface area contributed by atoms with Gasteiger partial charge in [-0.1, -0.05) is 23.2 Å². The van der Waals surface area contributed by atoms with Crippen molar-refractivity contribution in [3.8, 4) is 0 Å². The van der Waals surface area contributed by atoms with E-state index >= 15 is 0 Å². The molecular weight excluding hydrogens is 315 g/mol. The number of carbonyl (C=O) groups excluding carboxylic acids is 1. The van der Waals surface area contributed by atoms with Gasteiger partial charge in [0.15, 0.2) is 0 Å². The van der Waals surface area contributed by atoms with Gasteiger partial charge in [0.1, 0.15) is 0 Å². The highest BCUT2D eigenvalue weighted by Gasteiger charge is 2.14. The van der Waals surface area contributed by atoms with Crippen LogP contribution in [0.3, 0.4) is 0 Å². The molecule has 1 amide bonds. The van der Waals surface area contributed by atoms with Crippen molar-refractivity contribution in [2.75, 3.05) is 17.3 Å². The third-order valence-corrected chi connectivity index (χ3v) is 4.19. The molecule has 0 heterocycles. The zero-order valence-corrected chi connectivity index (χ0v) is 12.9. The van der Waals surface area contributed by atoms with Crippen LogP contribution in [0.15, 0.2) is 41.3 Å². The minimum absolute atomic E-state index is 0.194. The number of hydrogen-bond donors (Lipinski definition) is 2. The average Bonchev–Trinajstić information content (AvgIpc) is 2.43. The molecule has 0 saturated carbocycles. The summed E-state index contributed by atoms with van der Waals surface area (Å²) < 4.78 is 0. The second-order valence-electron chi connectivity index (χ2n) is 4.05. The van der Waals surface area contributed by atoms with Gasteiger partial charge in [0.25, 0.3) is 5.91 Å². The predicted octanol–water partition coefficient (Wildman–Crippen LogP) is 4.55. The fourth-order valence-electron chi connectivity index (χ4n) is 1.65. The number of anilines is 2. The molecule has 0 saturated heterocycles. The number of rotatable bonds is 3. The van der Waals surface area contributed by atoms with Gasteiger partial charge in [0.2, 0.25) is 0 Å². The Morgan fingerprint density at radius 2 is 1.85 bits per heavy atom. The second kappa shape index (κ2) is 6.39. The highest BCUT2D eigenvalue weighted by molar-refractivity contribution is 7.98. The van der Waals surface area contributed by atoms with Crippen molar-refractivity contribution >= 4 is 52.2 Å². The van der Waals surface area contributed by atoms with E-state index in [2.05, 4.69) is 5.32 Å². The third kappa shape index (κ3) is 3.39. The van der Waals surface area contributed by atoms with Gasteiger partial charge >= 0.3 is 0 Å². The van der Waals surface area contributed by atoms with Gasteiger partial charge in [-0.25, -0.2) is 0 Å². The summed E-state index contributed by atoms with van der Waals surface area (Å²) in [4.78, 5) is 13.3. The largest absolute Gasteiger partial charge is 0.399 e. The molecule has 0 aliphatic carbocycles. The first-order valence-electron chi connectivity index (χ1n) is 5.71. The maximum atomic E-state index is 12.2. The number of nitrogen functional groups attached to an aromatic ring is 1. The predicted molar refractivity (Wildman–Crippen MR) is 87.1 cm³/mol. The van der Waals surface area contributed by atoms with Crippen molar-refractivity contribution in [1.82, 2.24) is 0 Å². The maximum Gasteiger partial charge on any atom is 0.257 e. The van der Waals surface area contributed by atoms with Gasteiger partial charge in [-0.05, 0) is 42.7 Å². The normalized spacial score (nSPS) is 10.3. The van der Waals surface area contributed by atoms with Crippen LogP contribution in [0.4, 0.5) is 11.4 Å². The molecular formula is C14H12Cl2N2OS. The lowest BCUT2D eigenvalue weighted by Gasteiger charge is -2.09. The van der Waals surface area contributed by atoms with Crippen molar-refractivity contribution in [3.05, 3.63) is 52.0 Å². The molecule has 3 N–H and O–H groups in total. The summed E-state index contributed by atoms with van der Waals surface area (Å²) in [6.07, 6.45) is 1.99. The molecule has 0 spiro atoms. The molecule has 3 nitrogen and oxygen atoms in total. The number of carbonyl (C=O) groups is 1. The van der Waals surface area contributed by atoms with Crippen LogP contribution in [0.25, 0.3) is 0 Å². The smallest absolute Gasteiger partial charge is 0.257 e. The van der Waals surface area contributed by atoms with Crippen LogP contribution >= 0.6 is 35.0 Å². The van der Waals surface area contributed by atoms with E-state index in [1.54, 1.807) is 11.8 Å². The Balaban J connectivity index is 2.23. The Labute approximate surface area is 131 Å². The first-order valence-corrected chi connectivity index (χ1v) is 7.69. The monoisotopic (exact) mass is 326 g/mol. The minimum atomic E-state index is -0.346. The first kappa shape index (κ1) is 15.0. The van der Waals surface area contributed by atoms with E-state index in [0.29, 0.717) is 11.4 Å². The Bertz CT molecular complexity index is 644. The van der Waals surface area contributed by atoms with Crippen LogP contribution < -0.4 is 11.1 Å². The van der Waals surface area contributed by atoms with Crippen LogP contribution in [-0.4, -0.2) is 12.2 Å². The molecule has 0 radical (unpaired) electrons. The zero-order chi connectivity index (χ0) is 14.7. The summed E-state index contributed by atoms with van der Waals surface area (Å²) in [6.45, 7) is 0. The number of hydrogen-bond acceptors (Lipinski definition) is 3. The molecule has 0 aromatic heterocycles. The van der Waals surface area contributed by atoms with Gasteiger partial charge in [-0.2, -0.15) is 0 Å². The quantitative estimate of drug-likeness (QED) is 0.642. The lowest BCUT2D eigenvalue weighted by molar-refractivity contribution is 0.102. The molecule has 0 atom stereocenters. The van der Waals surface area contributed by atoms with E-state index in [1.165, 1.54) is 12.1 Å². The molecule has 20 heavy (non-hydrogen) atoms. The van der Waals surface area contributed by atoms with Crippen LogP contribution in [0, 0.1) is 0 Å². The number of thioether (sulfide) groups is 1. The fourth-order valence-corrected chi connectivity index (χ4v) is 2.48. The molecule has 104 valence electrons. The number of amides is 1. The number of halogens is 2. The first-order chi connectivity index (χ1) is 9.51. The van der Waals surface area contributed by atoms with Crippen molar-refractivity contribution in [1.29, 1.82) is 0 Å². The SMILES string of the molecule is CSc1ccc(NC(=O)c2cc(N)cc(Cl)c2Cl)cc1. The summed E-state index contributed by atoms with van der Waals surface area (Å²) in [5.74, 6) is -0.346. The molecule has 0 fully saturated rings. The van der Waals surface area contributed by atoms with E-state index in [4.69, 9.17) is 28.9 Å². The van der Waals surface area contributed by atoms with E-state index in [0.717, 1.165) is 4.90 Å². The lowest BCUT2D eigenvalue weighted by Crippen LogP contribution is -2.13. The summed E-state index contributed by atoms with van der Waals surface area (Å²) >= 11 is 13.6. The number of nitrogens with one attached hydrogen (secondary N) is 1. The van der Waals surface area contributed by atoms with Gasteiger partial charge in [-0.3, -0.25) is 4.79 Å². The summed E-state index contributed by atoms with van der Waals surface area (Å²) in [7, 11) is 0.